The fourth-order valence-electron chi connectivity index (χ4n) is 3.06. The van der Waals surface area contributed by atoms with Crippen LogP contribution in [0.1, 0.15) is 48.7 Å². The van der Waals surface area contributed by atoms with Crippen LogP contribution in [0.2, 0.25) is 0 Å². The topological polar surface area (TPSA) is 74.8 Å². The fourth-order valence-corrected chi connectivity index (χ4v) is 3.70. The zero-order chi connectivity index (χ0) is 18.7. The number of amides is 1. The number of halogens is 1. The van der Waals surface area contributed by atoms with Crippen molar-refractivity contribution in [3.8, 4) is 0 Å². The lowest BCUT2D eigenvalue weighted by molar-refractivity contribution is 0.0778. The molecule has 0 aliphatic heterocycles. The van der Waals surface area contributed by atoms with Crippen molar-refractivity contribution in [1.29, 1.82) is 0 Å². The van der Waals surface area contributed by atoms with Crippen molar-refractivity contribution >= 4 is 47.2 Å². The minimum Gasteiger partial charge on any atom is -0.385 e. The summed E-state index contributed by atoms with van der Waals surface area (Å²) in [4.78, 5) is 17.4. The summed E-state index contributed by atoms with van der Waals surface area (Å²) < 4.78 is 5.25. The van der Waals surface area contributed by atoms with Gasteiger partial charge < -0.3 is 20.7 Å². The third-order valence-electron chi connectivity index (χ3n) is 4.84. The second-order valence-corrected chi connectivity index (χ2v) is 7.75. The number of nitrogens with one attached hydrogen (secondary N) is 3. The van der Waals surface area contributed by atoms with E-state index in [9.17, 15) is 4.79 Å². The summed E-state index contributed by atoms with van der Waals surface area (Å²) in [7, 11) is 1.76. The van der Waals surface area contributed by atoms with Crippen LogP contribution in [0.4, 0.5) is 0 Å². The van der Waals surface area contributed by atoms with E-state index in [0.29, 0.717) is 12.0 Å². The number of carbonyl (C=O) groups is 1. The van der Waals surface area contributed by atoms with Gasteiger partial charge in [0.05, 0.1) is 4.88 Å². The molecule has 0 aromatic carbocycles. The maximum absolute atomic E-state index is 11.9. The summed E-state index contributed by atoms with van der Waals surface area (Å²) in [5.74, 6) is 0.867. The summed E-state index contributed by atoms with van der Waals surface area (Å²) in [6.07, 6.45) is 5.73. The lowest BCUT2D eigenvalue weighted by atomic mass is 9.67. The Kier molecular flexibility index (Phi) is 11.9. The molecule has 1 heterocycles. The molecule has 1 aliphatic rings. The number of carbonyl (C=O) groups excluding carboxylic acids is 1. The average Bonchev–Trinajstić information content (AvgIpc) is 3.14. The normalized spacial score (nSPS) is 15.4. The molecule has 3 N–H and O–H groups in total. The van der Waals surface area contributed by atoms with Crippen molar-refractivity contribution in [2.45, 2.75) is 39.0 Å². The molecule has 27 heavy (non-hydrogen) atoms. The SMILES string of the molecule is CCNC(=NCC1(CCOC)CCC1)NCCCNC(=O)c1cccs1.I. The number of rotatable bonds is 11. The van der Waals surface area contributed by atoms with Crippen LogP contribution in [0.3, 0.4) is 0 Å². The number of ether oxygens (including phenoxy) is 1. The van der Waals surface area contributed by atoms with Gasteiger partial charge in [-0.1, -0.05) is 12.5 Å². The van der Waals surface area contributed by atoms with Gasteiger partial charge in [-0.15, -0.1) is 35.3 Å². The molecule has 1 amide bonds. The highest BCUT2D eigenvalue weighted by molar-refractivity contribution is 14.0. The molecular formula is C19H33IN4O2S. The lowest BCUT2D eigenvalue weighted by Crippen LogP contribution is -2.41. The van der Waals surface area contributed by atoms with Crippen LogP contribution in [0.25, 0.3) is 0 Å². The first-order valence-corrected chi connectivity index (χ1v) is 10.4. The maximum Gasteiger partial charge on any atom is 0.261 e. The molecule has 8 heteroatoms. The third kappa shape index (κ3) is 8.35. The summed E-state index contributed by atoms with van der Waals surface area (Å²) >= 11 is 1.46. The number of hydrogen-bond acceptors (Lipinski definition) is 4. The molecule has 0 bridgehead atoms. The first-order chi connectivity index (χ1) is 12.7. The van der Waals surface area contributed by atoms with Crippen molar-refractivity contribution < 1.29 is 9.53 Å². The monoisotopic (exact) mass is 508 g/mol. The zero-order valence-corrected chi connectivity index (χ0v) is 19.5. The van der Waals surface area contributed by atoms with Crippen LogP contribution in [0.15, 0.2) is 22.5 Å². The van der Waals surface area contributed by atoms with E-state index in [1.165, 1.54) is 30.6 Å². The van der Waals surface area contributed by atoms with Gasteiger partial charge in [-0.05, 0) is 49.5 Å². The number of thiophene rings is 1. The number of guanidine groups is 1. The van der Waals surface area contributed by atoms with Crippen LogP contribution in [-0.4, -0.2) is 51.8 Å². The van der Waals surface area contributed by atoms with Crippen LogP contribution in [-0.2, 0) is 4.74 Å². The van der Waals surface area contributed by atoms with Crippen LogP contribution >= 0.6 is 35.3 Å². The van der Waals surface area contributed by atoms with Crippen molar-refractivity contribution in [3.63, 3.8) is 0 Å². The highest BCUT2D eigenvalue weighted by Gasteiger charge is 2.36. The van der Waals surface area contributed by atoms with Gasteiger partial charge in [-0.2, -0.15) is 0 Å². The average molecular weight is 508 g/mol. The second kappa shape index (κ2) is 13.3. The van der Waals surface area contributed by atoms with E-state index in [4.69, 9.17) is 9.73 Å². The minimum atomic E-state index is 0. The molecule has 2 rings (SSSR count). The molecule has 1 aliphatic carbocycles. The second-order valence-electron chi connectivity index (χ2n) is 6.81. The smallest absolute Gasteiger partial charge is 0.261 e. The Morgan fingerprint density at radius 2 is 2.07 bits per heavy atom. The minimum absolute atomic E-state index is 0. The van der Waals surface area contributed by atoms with Gasteiger partial charge in [0, 0.05) is 39.9 Å². The Bertz CT molecular complexity index is 562. The maximum atomic E-state index is 11.9. The lowest BCUT2D eigenvalue weighted by Gasteiger charge is -2.40. The molecule has 0 saturated heterocycles. The Hall–Kier alpha value is -0.870. The van der Waals surface area contributed by atoms with Crippen molar-refractivity contribution in [3.05, 3.63) is 22.4 Å². The summed E-state index contributed by atoms with van der Waals surface area (Å²) in [6, 6.07) is 3.73. The van der Waals surface area contributed by atoms with Gasteiger partial charge in [0.15, 0.2) is 5.96 Å². The van der Waals surface area contributed by atoms with Crippen molar-refractivity contribution in [2.75, 3.05) is 39.9 Å². The standard InChI is InChI=1S/C19H32N4O2S.HI/c1-3-20-18(23-15-19(8-5-9-19)10-13-25-2)22-12-6-11-21-17(24)16-7-4-14-26-16;/h4,7,14H,3,5-6,8-13,15H2,1-2H3,(H,21,24)(H2,20,22,23);1H. The molecule has 1 fully saturated rings. The van der Waals surface area contributed by atoms with Gasteiger partial charge in [0.1, 0.15) is 0 Å². The van der Waals surface area contributed by atoms with E-state index in [1.54, 1.807) is 7.11 Å². The van der Waals surface area contributed by atoms with Crippen molar-refractivity contribution in [2.24, 2.45) is 10.4 Å². The molecule has 0 atom stereocenters. The van der Waals surface area contributed by atoms with E-state index in [0.717, 1.165) is 49.9 Å². The van der Waals surface area contributed by atoms with E-state index < -0.39 is 0 Å². The number of methoxy groups -OCH3 is 1. The van der Waals surface area contributed by atoms with E-state index in [2.05, 4.69) is 22.9 Å². The molecule has 154 valence electrons. The Labute approximate surface area is 184 Å². The molecule has 0 radical (unpaired) electrons. The van der Waals surface area contributed by atoms with Crippen LogP contribution in [0.5, 0.6) is 0 Å². The third-order valence-corrected chi connectivity index (χ3v) is 5.71. The molecule has 0 spiro atoms. The summed E-state index contributed by atoms with van der Waals surface area (Å²) in [6.45, 7) is 6.00. The largest absolute Gasteiger partial charge is 0.385 e. The Balaban J connectivity index is 0.00000364. The molecule has 6 nitrogen and oxygen atoms in total. The summed E-state index contributed by atoms with van der Waals surface area (Å²) in [5, 5.41) is 11.5. The predicted molar refractivity (Wildman–Crippen MR) is 123 cm³/mol. The van der Waals surface area contributed by atoms with Gasteiger partial charge >= 0.3 is 0 Å². The van der Waals surface area contributed by atoms with Crippen molar-refractivity contribution in [1.82, 2.24) is 16.0 Å². The molecule has 1 saturated carbocycles. The number of nitrogens with zero attached hydrogens (tertiary/aromatic N) is 1. The summed E-state index contributed by atoms with van der Waals surface area (Å²) in [5.41, 5.74) is 0.326. The Morgan fingerprint density at radius 3 is 2.67 bits per heavy atom. The van der Waals surface area contributed by atoms with E-state index in [-0.39, 0.29) is 29.9 Å². The first kappa shape index (κ1) is 24.2. The molecular weight excluding hydrogens is 475 g/mol. The highest BCUT2D eigenvalue weighted by atomic mass is 127. The van der Waals surface area contributed by atoms with E-state index in [1.807, 2.05) is 17.5 Å². The first-order valence-electron chi connectivity index (χ1n) is 9.52. The quantitative estimate of drug-likeness (QED) is 0.186. The number of aliphatic imine (C=N–C) groups is 1. The van der Waals surface area contributed by atoms with Crippen LogP contribution < -0.4 is 16.0 Å². The fraction of sp³-hybridized carbons (Fsp3) is 0.684. The molecule has 1 aromatic heterocycles. The highest BCUT2D eigenvalue weighted by Crippen LogP contribution is 2.44. The predicted octanol–water partition coefficient (Wildman–Crippen LogP) is 3.25. The van der Waals surface area contributed by atoms with Crippen LogP contribution in [0, 0.1) is 5.41 Å². The molecule has 1 aromatic rings. The van der Waals surface area contributed by atoms with Gasteiger partial charge in [-0.3, -0.25) is 9.79 Å². The van der Waals surface area contributed by atoms with Gasteiger partial charge in [0.25, 0.3) is 5.91 Å². The van der Waals surface area contributed by atoms with Gasteiger partial charge in [0.2, 0.25) is 0 Å². The van der Waals surface area contributed by atoms with Gasteiger partial charge in [-0.25, -0.2) is 0 Å². The number of hydrogen-bond donors (Lipinski definition) is 3. The van der Waals surface area contributed by atoms with E-state index >= 15 is 0 Å². The molecule has 0 unspecified atom stereocenters. The Morgan fingerprint density at radius 1 is 1.30 bits per heavy atom. The zero-order valence-electron chi connectivity index (χ0n) is 16.4.